The Morgan fingerprint density at radius 2 is 1.93 bits per heavy atom. The van der Waals surface area contributed by atoms with Crippen LogP contribution in [-0.2, 0) is 11.3 Å². The van der Waals surface area contributed by atoms with Gasteiger partial charge < -0.3 is 25.1 Å². The number of phenolic OH excluding ortho intramolecular Hbond substituents is 1. The molecule has 0 aliphatic carbocycles. The number of nitrogens with two attached hydrogens (primary N) is 1. The Balaban J connectivity index is 1.46. The molecule has 0 radical (unpaired) electrons. The maximum atomic E-state index is 15.5. The average molecular weight is 600 g/mol. The molecule has 0 saturated carbocycles. The third-order valence-electron chi connectivity index (χ3n) is 7.79. The number of halogens is 2. The van der Waals surface area contributed by atoms with Gasteiger partial charge in [-0.05, 0) is 66.8 Å². The number of fused-ring (bicyclic) bond motifs is 4. The summed E-state index contributed by atoms with van der Waals surface area (Å²) < 4.78 is 34.5. The first-order valence-corrected chi connectivity index (χ1v) is 14.2. The molecule has 7 rings (SSSR count). The van der Waals surface area contributed by atoms with Gasteiger partial charge in [-0.25, -0.2) is 14.1 Å². The van der Waals surface area contributed by atoms with Crippen molar-refractivity contribution < 1.29 is 23.7 Å². The predicted molar refractivity (Wildman–Crippen MR) is 163 cm³/mol. The average Bonchev–Trinajstić information content (AvgIpc) is 3.49. The third kappa shape index (κ3) is 4.72. The first-order chi connectivity index (χ1) is 20.9. The maximum Gasteiger partial charge on any atom is 0.238 e. The van der Waals surface area contributed by atoms with Gasteiger partial charge in [0.15, 0.2) is 0 Å². The van der Waals surface area contributed by atoms with E-state index in [2.05, 4.69) is 10.1 Å². The van der Waals surface area contributed by atoms with Gasteiger partial charge in [-0.2, -0.15) is 5.10 Å². The summed E-state index contributed by atoms with van der Waals surface area (Å²) in [6.07, 6.45) is 5.85. The lowest BCUT2D eigenvalue weighted by Gasteiger charge is -2.22. The Morgan fingerprint density at radius 1 is 1.09 bits per heavy atom. The maximum absolute atomic E-state index is 15.5. The number of hydrogen-bond donors (Lipinski definition) is 2. The molecule has 3 aromatic heterocycles. The Kier molecular flexibility index (Phi) is 6.87. The van der Waals surface area contributed by atoms with Gasteiger partial charge in [-0.15, -0.1) is 0 Å². The number of nitrogens with zero attached hydrogens (tertiary/aromatic N) is 4. The van der Waals surface area contributed by atoms with E-state index in [9.17, 15) is 5.11 Å². The number of aromatic hydroxyl groups is 1. The summed E-state index contributed by atoms with van der Waals surface area (Å²) in [5, 5.41) is 17.2. The molecule has 1 fully saturated rings. The summed E-state index contributed by atoms with van der Waals surface area (Å²) in [6, 6.07) is 13.9. The van der Waals surface area contributed by atoms with Gasteiger partial charge in [0.25, 0.3) is 0 Å². The molecule has 1 aliphatic heterocycles. The molecule has 1 saturated heterocycles. The number of phenols is 1. The highest BCUT2D eigenvalue weighted by Crippen LogP contribution is 2.46. The Labute approximate surface area is 250 Å². The van der Waals surface area contributed by atoms with E-state index >= 15 is 4.39 Å². The van der Waals surface area contributed by atoms with Crippen LogP contribution in [0.3, 0.4) is 0 Å². The SMILES string of the molecule is COc1ccc(COc2nc3c(cc(O)c4ncccc43)c(-c3cc(F)c(Cl)c4nn(C5CCCCO5)cc34)c2N)cc1. The molecule has 0 spiro atoms. The van der Waals surface area contributed by atoms with Gasteiger partial charge in [0, 0.05) is 40.7 Å². The zero-order chi connectivity index (χ0) is 29.7. The van der Waals surface area contributed by atoms with Crippen LogP contribution in [0.15, 0.2) is 60.9 Å². The van der Waals surface area contributed by atoms with E-state index < -0.39 is 5.82 Å². The zero-order valence-corrected chi connectivity index (χ0v) is 23.9. The van der Waals surface area contributed by atoms with Crippen molar-refractivity contribution in [2.45, 2.75) is 32.1 Å². The quantitative estimate of drug-likeness (QED) is 0.194. The lowest BCUT2D eigenvalue weighted by Crippen LogP contribution is -2.18. The number of pyridine rings is 2. The summed E-state index contributed by atoms with van der Waals surface area (Å²) in [5.74, 6) is 0.159. The molecule has 6 aromatic rings. The second-order valence-electron chi connectivity index (χ2n) is 10.4. The number of hydrogen-bond acceptors (Lipinski definition) is 8. The molecule has 11 heteroatoms. The lowest BCUT2D eigenvalue weighted by molar-refractivity contribution is -0.0390. The lowest BCUT2D eigenvalue weighted by atomic mass is 9.95. The van der Waals surface area contributed by atoms with Gasteiger partial charge >= 0.3 is 0 Å². The fourth-order valence-electron chi connectivity index (χ4n) is 5.64. The fraction of sp³-hybridized carbons (Fsp3) is 0.219. The summed E-state index contributed by atoms with van der Waals surface area (Å²) >= 11 is 6.45. The minimum atomic E-state index is -0.657. The van der Waals surface area contributed by atoms with Crippen LogP contribution in [-0.4, -0.2) is 38.6 Å². The van der Waals surface area contributed by atoms with Gasteiger partial charge in [0.2, 0.25) is 5.88 Å². The number of anilines is 1. The van der Waals surface area contributed by atoms with Crippen molar-refractivity contribution in [3.63, 3.8) is 0 Å². The van der Waals surface area contributed by atoms with Crippen molar-refractivity contribution in [2.24, 2.45) is 0 Å². The predicted octanol–water partition coefficient (Wildman–Crippen LogP) is 7.17. The molecule has 0 bridgehead atoms. The van der Waals surface area contributed by atoms with Crippen molar-refractivity contribution >= 4 is 50.0 Å². The van der Waals surface area contributed by atoms with Crippen LogP contribution >= 0.6 is 11.6 Å². The highest BCUT2D eigenvalue weighted by molar-refractivity contribution is 6.36. The second-order valence-corrected chi connectivity index (χ2v) is 10.8. The van der Waals surface area contributed by atoms with Crippen molar-refractivity contribution in [3.05, 3.63) is 77.3 Å². The van der Waals surface area contributed by atoms with Crippen LogP contribution in [0.4, 0.5) is 10.1 Å². The number of rotatable bonds is 6. The highest BCUT2D eigenvalue weighted by Gasteiger charge is 2.26. The molecule has 43 heavy (non-hydrogen) atoms. The minimum absolute atomic E-state index is 0.0607. The largest absolute Gasteiger partial charge is 0.506 e. The third-order valence-corrected chi connectivity index (χ3v) is 8.15. The second kappa shape index (κ2) is 10.9. The molecule has 9 nitrogen and oxygen atoms in total. The monoisotopic (exact) mass is 599 g/mol. The van der Waals surface area contributed by atoms with Crippen molar-refractivity contribution in [3.8, 4) is 28.5 Å². The molecule has 3 N–H and O–H groups in total. The van der Waals surface area contributed by atoms with E-state index in [1.807, 2.05) is 24.3 Å². The fourth-order valence-corrected chi connectivity index (χ4v) is 5.83. The molecule has 0 amide bonds. The number of nitrogen functional groups attached to an aromatic ring is 1. The van der Waals surface area contributed by atoms with Crippen molar-refractivity contribution in [2.75, 3.05) is 19.5 Å². The van der Waals surface area contributed by atoms with E-state index in [0.717, 1.165) is 30.6 Å². The Hall–Kier alpha value is -4.67. The van der Waals surface area contributed by atoms with Crippen molar-refractivity contribution in [1.29, 1.82) is 0 Å². The molecule has 4 heterocycles. The normalized spacial score (nSPS) is 15.4. The Bertz CT molecular complexity index is 2010. The van der Waals surface area contributed by atoms with Crippen LogP contribution in [0.5, 0.6) is 17.4 Å². The van der Waals surface area contributed by atoms with Gasteiger partial charge in [-0.3, -0.25) is 4.98 Å². The molecule has 218 valence electrons. The van der Waals surface area contributed by atoms with E-state index in [0.29, 0.717) is 44.9 Å². The van der Waals surface area contributed by atoms with Gasteiger partial charge in [0.05, 0.1) is 12.6 Å². The molecule has 1 aliphatic rings. The zero-order valence-electron chi connectivity index (χ0n) is 23.2. The Morgan fingerprint density at radius 3 is 2.70 bits per heavy atom. The topological polar surface area (TPSA) is 118 Å². The van der Waals surface area contributed by atoms with E-state index in [-0.39, 0.29) is 40.7 Å². The number of aromatic nitrogens is 4. The van der Waals surface area contributed by atoms with E-state index in [4.69, 9.17) is 36.5 Å². The number of benzene rings is 3. The number of ether oxygens (including phenoxy) is 3. The molecular formula is C32H27ClFN5O4. The summed E-state index contributed by atoms with van der Waals surface area (Å²) in [7, 11) is 1.60. The minimum Gasteiger partial charge on any atom is -0.506 e. The van der Waals surface area contributed by atoms with Crippen LogP contribution < -0.4 is 15.2 Å². The highest BCUT2D eigenvalue weighted by atomic mass is 35.5. The number of methoxy groups -OCH3 is 1. The van der Waals surface area contributed by atoms with Crippen molar-refractivity contribution in [1.82, 2.24) is 19.7 Å². The molecular weight excluding hydrogens is 573 g/mol. The van der Waals surface area contributed by atoms with Crippen LogP contribution in [0.25, 0.3) is 43.8 Å². The molecule has 1 atom stereocenters. The summed E-state index contributed by atoms with van der Waals surface area (Å²) in [6.45, 7) is 0.786. The van der Waals surface area contributed by atoms with Crippen LogP contribution in [0.1, 0.15) is 31.1 Å². The summed E-state index contributed by atoms with van der Waals surface area (Å²) in [4.78, 5) is 9.14. The first kappa shape index (κ1) is 27.2. The van der Waals surface area contributed by atoms with Gasteiger partial charge in [0.1, 0.15) is 51.9 Å². The molecule has 1 unspecified atom stereocenters. The smallest absolute Gasteiger partial charge is 0.238 e. The van der Waals surface area contributed by atoms with E-state index in [1.54, 1.807) is 42.4 Å². The van der Waals surface area contributed by atoms with Gasteiger partial charge in [-0.1, -0.05) is 23.7 Å². The standard InChI is InChI=1S/C32H27ClFN5O4/c1-41-18-9-7-17(8-10-18)16-43-32-28(35)26(21-14-24(40)30-19(29(21)37-32)5-4-11-36-30)20-13-23(34)27(33)31-22(20)15-39(38-31)25-6-2-3-12-42-25/h4-5,7-11,13-15,25,40H,2-3,6,12,16,35H2,1H3. The van der Waals surface area contributed by atoms with E-state index in [1.165, 1.54) is 6.07 Å². The van der Waals surface area contributed by atoms with Crippen LogP contribution in [0.2, 0.25) is 5.02 Å². The molecule has 3 aromatic carbocycles. The summed E-state index contributed by atoms with van der Waals surface area (Å²) in [5.41, 5.74) is 9.85. The van der Waals surface area contributed by atoms with Crippen LogP contribution in [0, 0.1) is 5.82 Å². The first-order valence-electron chi connectivity index (χ1n) is 13.9.